The maximum Gasteiger partial charge on any atom is 0.186 e. The van der Waals surface area contributed by atoms with Crippen LogP contribution in [0.5, 0.6) is 0 Å². The second-order valence-corrected chi connectivity index (χ2v) is 5.97. The van der Waals surface area contributed by atoms with Gasteiger partial charge in [-0.2, -0.15) is 9.61 Å². The molecule has 0 bridgehead atoms. The Hall–Kier alpha value is -1.95. The average molecular weight is 271 g/mol. The van der Waals surface area contributed by atoms with E-state index in [0.29, 0.717) is 11.1 Å². The molecule has 0 N–H and O–H groups in total. The van der Waals surface area contributed by atoms with Crippen molar-refractivity contribution >= 4 is 17.4 Å². The van der Waals surface area contributed by atoms with Crippen LogP contribution in [0.3, 0.4) is 0 Å². The minimum atomic E-state index is 0.489. The van der Waals surface area contributed by atoms with Gasteiger partial charge in [0.1, 0.15) is 5.03 Å². The van der Waals surface area contributed by atoms with Crippen molar-refractivity contribution in [1.29, 1.82) is 0 Å². The lowest BCUT2D eigenvalue weighted by atomic mass is 10.3. The number of rotatable bonds is 3. The monoisotopic (exact) mass is 271 g/mol. The first-order valence-corrected chi connectivity index (χ1v) is 6.91. The lowest BCUT2D eigenvalue weighted by molar-refractivity contribution is 0.857. The van der Waals surface area contributed by atoms with Gasteiger partial charge in [0.2, 0.25) is 0 Å². The van der Waals surface area contributed by atoms with Gasteiger partial charge in [-0.1, -0.05) is 13.8 Å². The minimum absolute atomic E-state index is 0.489. The van der Waals surface area contributed by atoms with Gasteiger partial charge in [-0.25, -0.2) is 0 Å². The van der Waals surface area contributed by atoms with Gasteiger partial charge in [-0.05, 0) is 24.3 Å². The molecule has 0 aliphatic carbocycles. The van der Waals surface area contributed by atoms with Crippen LogP contribution in [0.25, 0.3) is 17.0 Å². The molecule has 0 aliphatic rings. The number of fused-ring (bicyclic) bond motifs is 1. The molecule has 0 aromatic carbocycles. The first-order valence-electron chi connectivity index (χ1n) is 6.03. The van der Waals surface area contributed by atoms with Crippen molar-refractivity contribution in [3.63, 3.8) is 0 Å². The van der Waals surface area contributed by atoms with Crippen LogP contribution >= 0.6 is 11.8 Å². The molecule has 0 aliphatic heterocycles. The summed E-state index contributed by atoms with van der Waals surface area (Å²) in [7, 11) is 0. The van der Waals surface area contributed by atoms with Crippen LogP contribution < -0.4 is 0 Å². The van der Waals surface area contributed by atoms with Gasteiger partial charge in [0.25, 0.3) is 0 Å². The van der Waals surface area contributed by atoms with Gasteiger partial charge < -0.3 is 0 Å². The highest BCUT2D eigenvalue weighted by molar-refractivity contribution is 7.99. The van der Waals surface area contributed by atoms with E-state index in [4.69, 9.17) is 0 Å². The topological polar surface area (TPSA) is 56.0 Å². The van der Waals surface area contributed by atoms with Crippen LogP contribution in [0.4, 0.5) is 0 Å². The molecule has 0 fully saturated rings. The SMILES string of the molecule is CC(C)Sc1ccc2nnc(-c3cccnc3)n2n1. The first-order chi connectivity index (χ1) is 9.24. The van der Waals surface area contributed by atoms with Crippen molar-refractivity contribution in [3.8, 4) is 11.4 Å². The van der Waals surface area contributed by atoms with Crippen LogP contribution in [0.15, 0.2) is 41.7 Å². The molecular weight excluding hydrogens is 258 g/mol. The van der Waals surface area contributed by atoms with Crippen LogP contribution in [-0.2, 0) is 0 Å². The Kier molecular flexibility index (Phi) is 3.16. The van der Waals surface area contributed by atoms with Gasteiger partial charge in [-0.3, -0.25) is 4.98 Å². The average Bonchev–Trinajstić information content (AvgIpc) is 2.82. The molecule has 0 spiro atoms. The van der Waals surface area contributed by atoms with Crippen LogP contribution in [-0.4, -0.2) is 30.0 Å². The zero-order valence-electron chi connectivity index (χ0n) is 10.7. The van der Waals surface area contributed by atoms with E-state index in [2.05, 4.69) is 34.1 Å². The zero-order valence-corrected chi connectivity index (χ0v) is 11.5. The Labute approximate surface area is 115 Å². The number of hydrogen-bond donors (Lipinski definition) is 0. The molecule has 3 aromatic heterocycles. The fourth-order valence-electron chi connectivity index (χ4n) is 1.75. The third-order valence-electron chi connectivity index (χ3n) is 2.51. The molecule has 3 heterocycles. The van der Waals surface area contributed by atoms with Crippen molar-refractivity contribution in [1.82, 2.24) is 24.8 Å². The summed E-state index contributed by atoms with van der Waals surface area (Å²) in [6, 6.07) is 7.74. The van der Waals surface area contributed by atoms with Gasteiger partial charge in [0.15, 0.2) is 11.5 Å². The van der Waals surface area contributed by atoms with Crippen LogP contribution in [0.1, 0.15) is 13.8 Å². The largest absolute Gasteiger partial charge is 0.264 e. The molecule has 3 aromatic rings. The van der Waals surface area contributed by atoms with E-state index < -0.39 is 0 Å². The molecule has 3 rings (SSSR count). The minimum Gasteiger partial charge on any atom is -0.264 e. The molecule has 6 heteroatoms. The summed E-state index contributed by atoms with van der Waals surface area (Å²) in [6.45, 7) is 4.29. The number of thioether (sulfide) groups is 1. The molecule has 96 valence electrons. The molecule has 19 heavy (non-hydrogen) atoms. The summed E-state index contributed by atoms with van der Waals surface area (Å²) < 4.78 is 1.77. The summed E-state index contributed by atoms with van der Waals surface area (Å²) in [6.07, 6.45) is 3.50. The molecule has 0 atom stereocenters. The van der Waals surface area contributed by atoms with E-state index in [1.54, 1.807) is 28.7 Å². The van der Waals surface area contributed by atoms with Crippen LogP contribution in [0.2, 0.25) is 0 Å². The second kappa shape index (κ2) is 4.97. The Balaban J connectivity index is 2.11. The maximum atomic E-state index is 4.58. The molecule has 0 amide bonds. The highest BCUT2D eigenvalue weighted by Gasteiger charge is 2.10. The highest BCUT2D eigenvalue weighted by atomic mass is 32.2. The number of aromatic nitrogens is 5. The standard InChI is InChI=1S/C13H13N5S/c1-9(2)19-12-6-5-11-15-16-13(18(11)17-12)10-4-3-7-14-8-10/h3-9H,1-2H3. The van der Waals surface area contributed by atoms with Crippen molar-refractivity contribution in [2.75, 3.05) is 0 Å². The van der Waals surface area contributed by atoms with Crippen LogP contribution in [0, 0.1) is 0 Å². The number of pyridine rings is 1. The highest BCUT2D eigenvalue weighted by Crippen LogP contribution is 2.22. The van der Waals surface area contributed by atoms with Crippen molar-refractivity contribution < 1.29 is 0 Å². The van der Waals surface area contributed by atoms with E-state index in [0.717, 1.165) is 16.2 Å². The first kappa shape index (κ1) is 12.1. The Morgan fingerprint density at radius 3 is 2.79 bits per heavy atom. The quantitative estimate of drug-likeness (QED) is 0.685. The molecule has 5 nitrogen and oxygen atoms in total. The summed E-state index contributed by atoms with van der Waals surface area (Å²) in [4.78, 5) is 4.10. The van der Waals surface area contributed by atoms with E-state index in [-0.39, 0.29) is 0 Å². The molecule has 0 saturated heterocycles. The smallest absolute Gasteiger partial charge is 0.186 e. The van der Waals surface area contributed by atoms with Gasteiger partial charge >= 0.3 is 0 Å². The normalized spacial score (nSPS) is 11.3. The predicted molar refractivity (Wildman–Crippen MR) is 75.0 cm³/mol. The van der Waals surface area contributed by atoms with Crippen molar-refractivity contribution in [2.45, 2.75) is 24.1 Å². The van der Waals surface area contributed by atoms with Crippen molar-refractivity contribution in [2.24, 2.45) is 0 Å². The van der Waals surface area contributed by atoms with E-state index >= 15 is 0 Å². The van der Waals surface area contributed by atoms with Gasteiger partial charge in [0.05, 0.1) is 0 Å². The lowest BCUT2D eigenvalue weighted by Crippen LogP contribution is -1.98. The van der Waals surface area contributed by atoms with Gasteiger partial charge in [0, 0.05) is 23.2 Å². The van der Waals surface area contributed by atoms with E-state index in [1.165, 1.54) is 0 Å². The molecular formula is C13H13N5S. The number of nitrogens with zero attached hydrogens (tertiary/aromatic N) is 5. The van der Waals surface area contributed by atoms with E-state index in [9.17, 15) is 0 Å². The number of hydrogen-bond acceptors (Lipinski definition) is 5. The summed E-state index contributed by atoms with van der Waals surface area (Å²) >= 11 is 1.72. The van der Waals surface area contributed by atoms with Crippen molar-refractivity contribution in [3.05, 3.63) is 36.7 Å². The third kappa shape index (κ3) is 2.44. The second-order valence-electron chi connectivity index (χ2n) is 4.37. The fourth-order valence-corrected chi connectivity index (χ4v) is 2.51. The Bertz CT molecular complexity index is 693. The van der Waals surface area contributed by atoms with Gasteiger partial charge in [-0.15, -0.1) is 22.0 Å². The molecule has 0 saturated carbocycles. The summed E-state index contributed by atoms with van der Waals surface area (Å²) in [5.41, 5.74) is 1.65. The maximum absolute atomic E-state index is 4.58. The van der Waals surface area contributed by atoms with E-state index in [1.807, 2.05) is 24.3 Å². The fraction of sp³-hybridized carbons (Fsp3) is 0.231. The lowest BCUT2D eigenvalue weighted by Gasteiger charge is -2.04. The Morgan fingerprint density at radius 2 is 2.05 bits per heavy atom. The molecule has 0 radical (unpaired) electrons. The predicted octanol–water partition coefficient (Wildman–Crippen LogP) is 2.69. The molecule has 0 unspecified atom stereocenters. The summed E-state index contributed by atoms with van der Waals surface area (Å²) in [5.74, 6) is 0.717. The zero-order chi connectivity index (χ0) is 13.2. The third-order valence-corrected chi connectivity index (χ3v) is 3.45. The Morgan fingerprint density at radius 1 is 1.16 bits per heavy atom. The summed E-state index contributed by atoms with van der Waals surface area (Å²) in [5, 5.41) is 14.3.